The zero-order valence-electron chi connectivity index (χ0n) is 18.9. The molecule has 0 spiro atoms. The zero-order valence-corrected chi connectivity index (χ0v) is 18.9. The van der Waals surface area contributed by atoms with Crippen LogP contribution in [0.5, 0.6) is 0 Å². The molecule has 1 rings (SSSR count). The van der Waals surface area contributed by atoms with Gasteiger partial charge in [0.25, 0.3) is 0 Å². The first-order valence-corrected chi connectivity index (χ1v) is 11.2. The molecule has 0 saturated carbocycles. The fraction of sp³-hybridized carbons (Fsp3) is 1.00. The fourth-order valence-corrected chi connectivity index (χ4v) is 4.93. The monoisotopic (exact) mass is 369 g/mol. The number of nitrogens with zero attached hydrogens (tertiary/aromatic N) is 1. The summed E-state index contributed by atoms with van der Waals surface area (Å²) < 4.78 is 12.5. The summed E-state index contributed by atoms with van der Waals surface area (Å²) in [7, 11) is 3.70. The van der Waals surface area contributed by atoms with E-state index < -0.39 is 5.91 Å². The summed E-state index contributed by atoms with van der Waals surface area (Å²) in [6.45, 7) is 12.7. The average Bonchev–Trinajstić information content (AvgIpc) is 2.63. The van der Waals surface area contributed by atoms with Crippen molar-refractivity contribution in [3.05, 3.63) is 0 Å². The van der Waals surface area contributed by atoms with Crippen molar-refractivity contribution in [2.45, 2.75) is 117 Å². The van der Waals surface area contributed by atoms with Crippen molar-refractivity contribution in [1.82, 2.24) is 4.90 Å². The van der Waals surface area contributed by atoms with Crippen LogP contribution in [0.3, 0.4) is 0 Å². The lowest BCUT2D eigenvalue weighted by Gasteiger charge is -2.54. The SMILES string of the molecule is CCCCCCCCC(C(C)(C)C)C(OC)(OC)N1CCCCC1CC. The second-order valence-electron chi connectivity index (χ2n) is 9.27. The van der Waals surface area contributed by atoms with Crippen molar-refractivity contribution in [1.29, 1.82) is 0 Å². The van der Waals surface area contributed by atoms with Crippen molar-refractivity contribution < 1.29 is 9.47 Å². The summed E-state index contributed by atoms with van der Waals surface area (Å²) in [6, 6.07) is 0.568. The zero-order chi connectivity index (χ0) is 19.6. The Morgan fingerprint density at radius 3 is 2.08 bits per heavy atom. The van der Waals surface area contributed by atoms with Crippen LogP contribution in [0.25, 0.3) is 0 Å². The Labute approximate surface area is 164 Å². The van der Waals surface area contributed by atoms with Crippen LogP contribution in [0.2, 0.25) is 0 Å². The number of unbranched alkanes of at least 4 members (excludes halogenated alkanes) is 5. The van der Waals surface area contributed by atoms with Gasteiger partial charge in [-0.25, -0.2) is 4.90 Å². The van der Waals surface area contributed by atoms with E-state index in [1.165, 1.54) is 70.6 Å². The van der Waals surface area contributed by atoms with Crippen LogP contribution in [0.15, 0.2) is 0 Å². The molecule has 0 aromatic rings. The van der Waals surface area contributed by atoms with Crippen LogP contribution in [-0.4, -0.2) is 37.6 Å². The highest BCUT2D eigenvalue weighted by atomic mass is 16.7. The summed E-state index contributed by atoms with van der Waals surface area (Å²) in [5, 5.41) is 0. The van der Waals surface area contributed by atoms with E-state index in [1.54, 1.807) is 0 Å². The van der Waals surface area contributed by atoms with Crippen LogP contribution < -0.4 is 0 Å². The molecule has 0 N–H and O–H groups in total. The second-order valence-corrected chi connectivity index (χ2v) is 9.27. The Balaban J connectivity index is 2.93. The molecular formula is C23H47NO2. The van der Waals surface area contributed by atoms with E-state index in [0.717, 1.165) is 6.54 Å². The molecule has 2 atom stereocenters. The predicted octanol–water partition coefficient (Wildman–Crippen LogP) is 6.61. The number of hydrogen-bond donors (Lipinski definition) is 0. The molecule has 3 heteroatoms. The van der Waals surface area contributed by atoms with E-state index >= 15 is 0 Å². The quantitative estimate of drug-likeness (QED) is 0.285. The lowest BCUT2D eigenvalue weighted by atomic mass is 9.74. The van der Waals surface area contributed by atoms with Crippen molar-refractivity contribution in [3.8, 4) is 0 Å². The maximum atomic E-state index is 6.25. The molecule has 2 unspecified atom stereocenters. The molecule has 0 aromatic carbocycles. The average molecular weight is 370 g/mol. The maximum absolute atomic E-state index is 6.25. The van der Waals surface area contributed by atoms with Crippen molar-refractivity contribution in [3.63, 3.8) is 0 Å². The van der Waals surface area contributed by atoms with Crippen LogP contribution >= 0.6 is 0 Å². The molecule has 1 fully saturated rings. The Kier molecular flexibility index (Phi) is 10.7. The van der Waals surface area contributed by atoms with Gasteiger partial charge in [0.2, 0.25) is 5.91 Å². The van der Waals surface area contributed by atoms with E-state index in [9.17, 15) is 0 Å². The maximum Gasteiger partial charge on any atom is 0.233 e. The molecule has 156 valence electrons. The van der Waals surface area contributed by atoms with Gasteiger partial charge >= 0.3 is 0 Å². The summed E-state index contributed by atoms with van der Waals surface area (Å²) >= 11 is 0. The molecule has 1 heterocycles. The number of hydrogen-bond acceptors (Lipinski definition) is 3. The highest BCUT2D eigenvalue weighted by Gasteiger charge is 2.51. The summed E-state index contributed by atoms with van der Waals surface area (Å²) in [5.41, 5.74) is 0.144. The van der Waals surface area contributed by atoms with E-state index in [-0.39, 0.29) is 5.41 Å². The van der Waals surface area contributed by atoms with Gasteiger partial charge in [0.15, 0.2) is 0 Å². The van der Waals surface area contributed by atoms with E-state index in [4.69, 9.17) is 9.47 Å². The standard InChI is InChI=1S/C23H47NO2/c1-8-10-11-12-13-14-18-21(22(3,4)5)23(25-6,26-7)24-19-16-15-17-20(24)9-2/h20-21H,8-19H2,1-7H3. The van der Waals surface area contributed by atoms with Gasteiger partial charge in [-0.1, -0.05) is 79.6 Å². The molecule has 0 radical (unpaired) electrons. The molecule has 0 aromatic heterocycles. The molecule has 1 aliphatic rings. The predicted molar refractivity (Wildman–Crippen MR) is 112 cm³/mol. The molecular weight excluding hydrogens is 322 g/mol. The fourth-order valence-electron chi connectivity index (χ4n) is 4.93. The highest BCUT2D eigenvalue weighted by molar-refractivity contribution is 4.92. The van der Waals surface area contributed by atoms with Gasteiger partial charge in [-0.15, -0.1) is 0 Å². The van der Waals surface area contributed by atoms with Gasteiger partial charge in [-0.05, 0) is 31.1 Å². The summed E-state index contributed by atoms with van der Waals surface area (Å²) in [5.74, 6) is -0.230. The first-order valence-electron chi connectivity index (χ1n) is 11.2. The molecule has 3 nitrogen and oxygen atoms in total. The lowest BCUT2D eigenvalue weighted by Crippen LogP contribution is -2.63. The topological polar surface area (TPSA) is 21.7 Å². The number of ether oxygens (including phenoxy) is 2. The highest BCUT2D eigenvalue weighted by Crippen LogP contribution is 2.45. The molecule has 1 aliphatic heterocycles. The summed E-state index contributed by atoms with van der Waals surface area (Å²) in [4.78, 5) is 2.56. The van der Waals surface area contributed by atoms with Gasteiger partial charge in [-0.2, -0.15) is 0 Å². The lowest BCUT2D eigenvalue weighted by molar-refractivity contribution is -0.351. The van der Waals surface area contributed by atoms with Gasteiger partial charge in [0.05, 0.1) is 0 Å². The minimum Gasteiger partial charge on any atom is -0.340 e. The Hall–Kier alpha value is -0.120. The number of rotatable bonds is 12. The largest absolute Gasteiger partial charge is 0.340 e. The molecule has 0 amide bonds. The smallest absolute Gasteiger partial charge is 0.233 e. The Morgan fingerprint density at radius 1 is 0.923 bits per heavy atom. The Morgan fingerprint density at radius 2 is 1.54 bits per heavy atom. The van der Waals surface area contributed by atoms with E-state index in [1.807, 2.05) is 14.2 Å². The van der Waals surface area contributed by atoms with Gasteiger partial charge in [0, 0.05) is 32.7 Å². The van der Waals surface area contributed by atoms with Crippen LogP contribution in [0.1, 0.15) is 105 Å². The molecule has 0 aliphatic carbocycles. The first-order chi connectivity index (χ1) is 12.4. The third-order valence-corrected chi connectivity index (χ3v) is 6.42. The molecule has 0 bridgehead atoms. The van der Waals surface area contributed by atoms with Crippen LogP contribution in [0.4, 0.5) is 0 Å². The summed E-state index contributed by atoms with van der Waals surface area (Å²) in [6.07, 6.45) is 14.2. The number of likely N-dealkylation sites (tertiary alicyclic amines) is 1. The van der Waals surface area contributed by atoms with Crippen LogP contribution in [0, 0.1) is 11.3 Å². The van der Waals surface area contributed by atoms with Gasteiger partial charge in [0.1, 0.15) is 0 Å². The van der Waals surface area contributed by atoms with E-state index in [2.05, 4.69) is 39.5 Å². The van der Waals surface area contributed by atoms with Gasteiger partial charge < -0.3 is 9.47 Å². The minimum atomic E-state index is -0.594. The first kappa shape index (κ1) is 23.9. The van der Waals surface area contributed by atoms with Crippen LogP contribution in [-0.2, 0) is 9.47 Å². The van der Waals surface area contributed by atoms with Crippen molar-refractivity contribution >= 4 is 0 Å². The number of methoxy groups -OCH3 is 2. The third-order valence-electron chi connectivity index (χ3n) is 6.42. The molecule has 26 heavy (non-hydrogen) atoms. The van der Waals surface area contributed by atoms with E-state index in [0.29, 0.717) is 12.0 Å². The van der Waals surface area contributed by atoms with Crippen molar-refractivity contribution in [2.75, 3.05) is 20.8 Å². The second kappa shape index (κ2) is 11.7. The molecule has 1 saturated heterocycles. The Bertz CT molecular complexity index is 360. The van der Waals surface area contributed by atoms with Crippen molar-refractivity contribution in [2.24, 2.45) is 11.3 Å². The third kappa shape index (κ3) is 6.21. The normalized spacial score (nSPS) is 21.1. The number of piperidine rings is 1. The minimum absolute atomic E-state index is 0.144. The van der Waals surface area contributed by atoms with Gasteiger partial charge in [-0.3, -0.25) is 0 Å².